The van der Waals surface area contributed by atoms with E-state index in [0.717, 1.165) is 12.0 Å². The van der Waals surface area contributed by atoms with E-state index in [0.29, 0.717) is 46.8 Å². The average Bonchev–Trinajstić information content (AvgIpc) is 2.84. The number of hydrogen-bond donors (Lipinski definition) is 5. The summed E-state index contributed by atoms with van der Waals surface area (Å²) >= 11 is 4.49. The first-order valence-electron chi connectivity index (χ1n) is 11.8. The zero-order chi connectivity index (χ0) is 25.8. The number of thiol groups is 1. The Morgan fingerprint density at radius 2 is 2.00 bits per heavy atom. The number of ketones is 1. The number of ether oxygens (including phenoxy) is 1. The number of benzene rings is 2. The number of fused-ring (bicyclic) bond motifs is 2. The number of carboxylic acid groups (broad SMARTS) is 1. The summed E-state index contributed by atoms with van der Waals surface area (Å²) in [6.07, 6.45) is 3.49. The van der Waals surface area contributed by atoms with E-state index in [1.54, 1.807) is 30.3 Å². The first kappa shape index (κ1) is 25.9. The van der Waals surface area contributed by atoms with Crippen LogP contribution in [0.25, 0.3) is 5.57 Å². The zero-order valence-corrected chi connectivity index (χ0v) is 21.7. The van der Waals surface area contributed by atoms with Gasteiger partial charge in [0.15, 0.2) is 5.78 Å². The van der Waals surface area contributed by atoms with Gasteiger partial charge >= 0.3 is 5.97 Å². The fourth-order valence-corrected chi connectivity index (χ4v) is 5.57. The van der Waals surface area contributed by atoms with E-state index >= 15 is 0 Å². The Kier molecular flexibility index (Phi) is 8.07. The second-order valence-corrected chi connectivity index (χ2v) is 11.5. The van der Waals surface area contributed by atoms with Crippen molar-refractivity contribution in [1.29, 1.82) is 0 Å². The molecule has 4 N–H and O–H groups in total. The quantitative estimate of drug-likeness (QED) is 0.135. The lowest BCUT2D eigenvalue weighted by Gasteiger charge is -2.32. The van der Waals surface area contributed by atoms with Crippen LogP contribution < -0.4 is 15.4 Å². The van der Waals surface area contributed by atoms with Gasteiger partial charge < -0.3 is 24.7 Å². The molecule has 2 atom stereocenters. The molecule has 0 fully saturated rings. The first-order chi connectivity index (χ1) is 17.3. The van der Waals surface area contributed by atoms with E-state index in [9.17, 15) is 24.3 Å². The molecule has 1 aliphatic carbocycles. The Hall–Kier alpha value is -3.21. The van der Waals surface area contributed by atoms with E-state index in [1.165, 1.54) is 18.2 Å². The number of allylic oxidation sites excluding steroid dienone is 1. The topological polar surface area (TPSA) is 125 Å². The Balaban J connectivity index is 1.65. The molecule has 4 rings (SSSR count). The Labute approximate surface area is 216 Å². The van der Waals surface area contributed by atoms with Gasteiger partial charge in [0.1, 0.15) is 23.1 Å². The minimum atomic E-state index is -1.50. The van der Waals surface area contributed by atoms with E-state index in [2.05, 4.69) is 23.3 Å². The predicted octanol–water partition coefficient (Wildman–Crippen LogP) is 4.23. The minimum absolute atomic E-state index is 0.0155. The highest BCUT2D eigenvalue weighted by molar-refractivity contribution is 7.81. The molecule has 188 valence electrons. The average molecular weight is 525 g/mol. The van der Waals surface area contributed by atoms with Crippen molar-refractivity contribution in [3.8, 4) is 11.5 Å². The molecule has 0 saturated carbocycles. The van der Waals surface area contributed by atoms with Crippen LogP contribution in [0.3, 0.4) is 0 Å². The lowest BCUT2D eigenvalue weighted by atomic mass is 9.82. The highest BCUT2D eigenvalue weighted by Gasteiger charge is 2.33. The van der Waals surface area contributed by atoms with Crippen molar-refractivity contribution >= 4 is 44.3 Å². The van der Waals surface area contributed by atoms with Crippen molar-refractivity contribution in [2.75, 3.05) is 11.9 Å². The first-order valence-corrected chi connectivity index (χ1v) is 14.1. The number of aromatic hydroxyl groups is 1. The van der Waals surface area contributed by atoms with Gasteiger partial charge in [-0.2, -0.15) is 0 Å². The SMILES string of the molecule is CC[Si](=O)CCCN[C@@H](S)Nc1ccc(C2=C3C=CC(=O)CC3Oc3cc(O)ccc32)c(C(=O)O)c1. The fraction of sp³-hybridized carbons (Fsp3) is 0.308. The van der Waals surface area contributed by atoms with Crippen LogP contribution in [0, 0.1) is 0 Å². The molecule has 0 amide bonds. The number of carboxylic acids is 1. The summed E-state index contributed by atoms with van der Waals surface area (Å²) in [5.41, 5.74) is 2.72. The van der Waals surface area contributed by atoms with Crippen molar-refractivity contribution in [2.24, 2.45) is 0 Å². The maximum absolute atomic E-state index is 12.3. The van der Waals surface area contributed by atoms with Gasteiger partial charge in [0.2, 0.25) is 0 Å². The molecule has 0 radical (unpaired) electrons. The number of carbonyl (C=O) groups is 2. The van der Waals surface area contributed by atoms with Crippen LogP contribution in [0.2, 0.25) is 12.1 Å². The van der Waals surface area contributed by atoms with Crippen molar-refractivity contribution < 1.29 is 29.0 Å². The molecule has 2 aliphatic rings. The number of phenols is 1. The van der Waals surface area contributed by atoms with Gasteiger partial charge in [0, 0.05) is 28.5 Å². The van der Waals surface area contributed by atoms with E-state index in [4.69, 9.17) is 4.74 Å². The number of hydrogen-bond acceptors (Lipinski definition) is 8. The van der Waals surface area contributed by atoms with Crippen molar-refractivity contribution in [1.82, 2.24) is 5.32 Å². The molecule has 1 unspecified atom stereocenters. The molecule has 36 heavy (non-hydrogen) atoms. The minimum Gasteiger partial charge on any atom is -0.508 e. The molecule has 1 aliphatic heterocycles. The van der Waals surface area contributed by atoms with Crippen molar-refractivity contribution in [2.45, 2.75) is 43.5 Å². The Morgan fingerprint density at radius 3 is 2.75 bits per heavy atom. The summed E-state index contributed by atoms with van der Waals surface area (Å²) in [4.78, 5) is 24.4. The van der Waals surface area contributed by atoms with Gasteiger partial charge in [-0.15, -0.1) is 12.6 Å². The molecule has 0 bridgehead atoms. The maximum Gasteiger partial charge on any atom is 0.336 e. The lowest BCUT2D eigenvalue weighted by Crippen LogP contribution is -2.32. The van der Waals surface area contributed by atoms with E-state index in [-0.39, 0.29) is 23.5 Å². The number of anilines is 1. The molecule has 0 aromatic heterocycles. The van der Waals surface area contributed by atoms with Gasteiger partial charge in [-0.25, -0.2) is 4.79 Å². The smallest absolute Gasteiger partial charge is 0.336 e. The summed E-state index contributed by atoms with van der Waals surface area (Å²) in [7, 11) is -1.50. The Morgan fingerprint density at radius 1 is 1.22 bits per heavy atom. The molecule has 8 nitrogen and oxygen atoms in total. The standard InChI is InChI=1S/C26H28N2O6SSi/c1-2-36(33)11-3-10-27-26(35)28-15-4-7-18(21(12-15)25(31)32)24-19-8-5-16(29)13-22(19)34-23-14-17(30)6-9-20(23)24/h4-9,12-13,23,26-29,35H,2-3,10-11,14H2,1H3,(H,31,32)/t23?,26-/m1/s1. The number of nitrogens with one attached hydrogen (secondary N) is 2. The van der Waals surface area contributed by atoms with Crippen LogP contribution >= 0.6 is 12.6 Å². The van der Waals surface area contributed by atoms with Gasteiger partial charge in [-0.3, -0.25) is 10.1 Å². The third-order valence-corrected chi connectivity index (χ3v) is 8.17. The molecule has 1 heterocycles. The molecular formula is C26H28N2O6SSi. The summed E-state index contributed by atoms with van der Waals surface area (Å²) in [5.74, 6) is -0.777. The van der Waals surface area contributed by atoms with Gasteiger partial charge in [-0.1, -0.05) is 19.1 Å². The van der Waals surface area contributed by atoms with E-state index in [1.807, 2.05) is 6.92 Å². The molecule has 0 saturated heterocycles. The summed E-state index contributed by atoms with van der Waals surface area (Å²) in [6, 6.07) is 11.1. The molecule has 0 spiro atoms. The maximum atomic E-state index is 12.3. The predicted molar refractivity (Wildman–Crippen MR) is 141 cm³/mol. The van der Waals surface area contributed by atoms with Crippen LogP contribution in [-0.4, -0.2) is 48.8 Å². The molecule has 10 heteroatoms. The summed E-state index contributed by atoms with van der Waals surface area (Å²) in [6.45, 7) is 2.55. The normalized spacial score (nSPS) is 17.2. The molecule has 2 aromatic rings. The Bertz CT molecular complexity index is 1280. The fourth-order valence-electron chi connectivity index (χ4n) is 4.36. The van der Waals surface area contributed by atoms with Gasteiger partial charge in [0.05, 0.1) is 12.0 Å². The van der Waals surface area contributed by atoms with Crippen LogP contribution in [-0.2, 0) is 9.26 Å². The number of carbonyl (C=O) groups excluding carboxylic acids is 1. The number of aromatic carboxylic acids is 1. The van der Waals surface area contributed by atoms with Gasteiger partial charge in [0.25, 0.3) is 8.68 Å². The second kappa shape index (κ2) is 11.2. The van der Waals surface area contributed by atoms with Crippen LogP contribution in [0.4, 0.5) is 5.69 Å². The van der Waals surface area contributed by atoms with Crippen molar-refractivity contribution in [3.05, 3.63) is 70.8 Å². The van der Waals surface area contributed by atoms with E-state index < -0.39 is 26.3 Å². The number of phenolic OH excluding ortho intramolecular Hbond substituents is 1. The largest absolute Gasteiger partial charge is 0.508 e. The second-order valence-electron chi connectivity index (χ2n) is 8.68. The third-order valence-electron chi connectivity index (χ3n) is 6.16. The van der Waals surface area contributed by atoms with Crippen molar-refractivity contribution in [3.63, 3.8) is 0 Å². The summed E-state index contributed by atoms with van der Waals surface area (Å²) < 4.78 is 17.6. The highest BCUT2D eigenvalue weighted by Crippen LogP contribution is 2.44. The zero-order valence-electron chi connectivity index (χ0n) is 19.8. The van der Waals surface area contributed by atoms with Crippen LogP contribution in [0.1, 0.15) is 41.3 Å². The highest BCUT2D eigenvalue weighted by atomic mass is 32.1. The lowest BCUT2D eigenvalue weighted by molar-refractivity contribution is -0.116. The molecule has 2 aromatic carbocycles. The van der Waals surface area contributed by atoms with Crippen LogP contribution in [0.15, 0.2) is 54.1 Å². The monoisotopic (exact) mass is 524 g/mol. The molecular weight excluding hydrogens is 496 g/mol. The summed E-state index contributed by atoms with van der Waals surface area (Å²) in [5, 5.41) is 26.4. The number of rotatable bonds is 10. The van der Waals surface area contributed by atoms with Crippen LogP contribution in [0.5, 0.6) is 11.5 Å². The third kappa shape index (κ3) is 5.77. The van der Waals surface area contributed by atoms with Gasteiger partial charge in [-0.05, 0) is 61.0 Å².